The van der Waals surface area contributed by atoms with Crippen LogP contribution in [0.1, 0.15) is 30.9 Å². The maximum Gasteiger partial charge on any atom is 0.224 e. The second-order valence-electron chi connectivity index (χ2n) is 6.52. The van der Waals surface area contributed by atoms with Crippen molar-refractivity contribution in [2.45, 2.75) is 37.4 Å². The molecular formula is C17H25N3O. The van der Waals surface area contributed by atoms with E-state index in [0.717, 1.165) is 12.8 Å². The Hall–Kier alpha value is -1.39. The van der Waals surface area contributed by atoms with Crippen LogP contribution in [0.2, 0.25) is 0 Å². The zero-order valence-electron chi connectivity index (χ0n) is 12.9. The van der Waals surface area contributed by atoms with Crippen LogP contribution in [-0.2, 0) is 4.79 Å². The highest BCUT2D eigenvalue weighted by Crippen LogP contribution is 2.33. The standard InChI is InChI=1S/C17H25N3O/c1-20(2)16(12-6-4-3-5-7-12)11-18-17(21)14-10-13-8-9-15(14)19-13/h3-7,13-16,19H,8-11H2,1-2H3,(H,18,21). The minimum Gasteiger partial charge on any atom is -0.354 e. The molecule has 4 unspecified atom stereocenters. The van der Waals surface area contributed by atoms with E-state index in [-0.39, 0.29) is 17.9 Å². The van der Waals surface area contributed by atoms with Gasteiger partial charge in [0.1, 0.15) is 0 Å². The minimum absolute atomic E-state index is 0.169. The summed E-state index contributed by atoms with van der Waals surface area (Å²) in [5, 5.41) is 6.70. The van der Waals surface area contributed by atoms with Crippen molar-refractivity contribution < 1.29 is 4.79 Å². The molecule has 0 saturated carbocycles. The van der Waals surface area contributed by atoms with Crippen molar-refractivity contribution >= 4 is 5.91 Å². The Labute approximate surface area is 126 Å². The van der Waals surface area contributed by atoms with Crippen molar-refractivity contribution in [1.29, 1.82) is 0 Å². The summed E-state index contributed by atoms with van der Waals surface area (Å²) >= 11 is 0. The molecule has 4 nitrogen and oxygen atoms in total. The van der Waals surface area contributed by atoms with Crippen molar-refractivity contribution in [2.24, 2.45) is 5.92 Å². The fourth-order valence-corrected chi connectivity index (χ4v) is 3.72. The second-order valence-corrected chi connectivity index (χ2v) is 6.52. The lowest BCUT2D eigenvalue weighted by Crippen LogP contribution is -2.41. The maximum absolute atomic E-state index is 12.4. The van der Waals surface area contributed by atoms with Crippen LogP contribution in [0.5, 0.6) is 0 Å². The van der Waals surface area contributed by atoms with Crippen molar-refractivity contribution in [3.63, 3.8) is 0 Å². The number of benzene rings is 1. The quantitative estimate of drug-likeness (QED) is 0.863. The molecule has 21 heavy (non-hydrogen) atoms. The normalized spacial score (nSPS) is 28.8. The molecule has 0 aliphatic carbocycles. The zero-order valence-corrected chi connectivity index (χ0v) is 12.9. The Kier molecular flexibility index (Phi) is 4.27. The first-order chi connectivity index (χ1) is 10.1. The summed E-state index contributed by atoms with van der Waals surface area (Å²) in [6, 6.07) is 11.6. The van der Waals surface area contributed by atoms with Gasteiger partial charge in [0.25, 0.3) is 0 Å². The van der Waals surface area contributed by atoms with Crippen LogP contribution >= 0.6 is 0 Å². The molecule has 1 aromatic rings. The molecule has 2 aliphatic rings. The predicted octanol–water partition coefficient (Wildman–Crippen LogP) is 1.55. The van der Waals surface area contributed by atoms with Crippen molar-refractivity contribution in [2.75, 3.05) is 20.6 Å². The molecule has 2 heterocycles. The molecule has 3 rings (SSSR count). The molecule has 0 spiro atoms. The van der Waals surface area contributed by atoms with Gasteiger partial charge in [-0.3, -0.25) is 4.79 Å². The van der Waals surface area contributed by atoms with Crippen LogP contribution in [0.3, 0.4) is 0 Å². The van der Waals surface area contributed by atoms with E-state index in [1.165, 1.54) is 12.0 Å². The van der Waals surface area contributed by atoms with Gasteiger partial charge in [-0.05, 0) is 38.9 Å². The van der Waals surface area contributed by atoms with Crippen LogP contribution in [-0.4, -0.2) is 43.5 Å². The summed E-state index contributed by atoms with van der Waals surface area (Å²) in [7, 11) is 4.12. The third kappa shape index (κ3) is 3.11. The van der Waals surface area contributed by atoms with Gasteiger partial charge < -0.3 is 15.5 Å². The molecule has 1 amide bonds. The van der Waals surface area contributed by atoms with Crippen molar-refractivity contribution in [3.05, 3.63) is 35.9 Å². The van der Waals surface area contributed by atoms with Gasteiger partial charge in [-0.15, -0.1) is 0 Å². The first-order valence-corrected chi connectivity index (χ1v) is 7.90. The molecule has 4 atom stereocenters. The summed E-state index contributed by atoms with van der Waals surface area (Å²) in [6.45, 7) is 0.670. The number of nitrogens with one attached hydrogen (secondary N) is 2. The monoisotopic (exact) mass is 287 g/mol. The lowest BCUT2D eigenvalue weighted by Gasteiger charge is -2.27. The van der Waals surface area contributed by atoms with Crippen LogP contribution < -0.4 is 10.6 Å². The van der Waals surface area contributed by atoms with E-state index in [4.69, 9.17) is 0 Å². The fourth-order valence-electron chi connectivity index (χ4n) is 3.72. The fraction of sp³-hybridized carbons (Fsp3) is 0.588. The summed E-state index contributed by atoms with van der Waals surface area (Å²) in [5.74, 6) is 0.389. The Balaban J connectivity index is 1.58. The van der Waals surface area contributed by atoms with E-state index in [1.54, 1.807) is 0 Å². The molecule has 4 heteroatoms. The number of fused-ring (bicyclic) bond motifs is 2. The average Bonchev–Trinajstić information content (AvgIpc) is 3.11. The number of carbonyl (C=O) groups excluding carboxylic acids is 1. The van der Waals surface area contributed by atoms with Crippen molar-refractivity contribution in [3.8, 4) is 0 Å². The number of nitrogens with zero attached hydrogens (tertiary/aromatic N) is 1. The summed E-state index contributed by atoms with van der Waals surface area (Å²) < 4.78 is 0. The largest absolute Gasteiger partial charge is 0.354 e. The number of hydrogen-bond acceptors (Lipinski definition) is 3. The summed E-state index contributed by atoms with van der Waals surface area (Å²) in [4.78, 5) is 14.6. The van der Waals surface area contributed by atoms with Gasteiger partial charge in [-0.2, -0.15) is 0 Å². The SMILES string of the molecule is CN(C)C(CNC(=O)C1CC2CCC1N2)c1ccccc1. The first kappa shape index (κ1) is 14.5. The molecule has 2 fully saturated rings. The van der Waals surface area contributed by atoms with E-state index in [9.17, 15) is 4.79 Å². The third-order valence-electron chi connectivity index (χ3n) is 4.91. The van der Waals surface area contributed by atoms with Gasteiger partial charge in [0.15, 0.2) is 0 Å². The highest BCUT2D eigenvalue weighted by molar-refractivity contribution is 5.80. The smallest absolute Gasteiger partial charge is 0.224 e. The minimum atomic E-state index is 0.169. The summed E-state index contributed by atoms with van der Waals surface area (Å²) in [6.07, 6.45) is 3.39. The zero-order chi connectivity index (χ0) is 14.8. The third-order valence-corrected chi connectivity index (χ3v) is 4.91. The Morgan fingerprint density at radius 1 is 1.33 bits per heavy atom. The number of amides is 1. The highest BCUT2D eigenvalue weighted by Gasteiger charge is 2.42. The summed E-state index contributed by atoms with van der Waals surface area (Å²) in [5.41, 5.74) is 1.24. The van der Waals surface area contributed by atoms with E-state index in [2.05, 4.69) is 41.8 Å². The Morgan fingerprint density at radius 2 is 2.10 bits per heavy atom. The predicted molar refractivity (Wildman–Crippen MR) is 83.9 cm³/mol. The number of rotatable bonds is 5. The number of carbonyl (C=O) groups is 1. The molecule has 2 aliphatic heterocycles. The maximum atomic E-state index is 12.4. The Bertz CT molecular complexity index is 488. The van der Waals surface area contributed by atoms with E-state index in [0.29, 0.717) is 18.6 Å². The number of likely N-dealkylation sites (N-methyl/N-ethyl adjacent to an activating group) is 1. The Morgan fingerprint density at radius 3 is 2.67 bits per heavy atom. The van der Waals surface area contributed by atoms with E-state index in [1.807, 2.05) is 18.2 Å². The van der Waals surface area contributed by atoms with E-state index >= 15 is 0 Å². The van der Waals surface area contributed by atoms with Gasteiger partial charge in [-0.25, -0.2) is 0 Å². The topological polar surface area (TPSA) is 44.4 Å². The van der Waals surface area contributed by atoms with Gasteiger partial charge >= 0.3 is 0 Å². The lowest BCUT2D eigenvalue weighted by molar-refractivity contribution is -0.125. The molecule has 114 valence electrons. The molecule has 0 aromatic heterocycles. The van der Waals surface area contributed by atoms with Gasteiger partial charge in [0.2, 0.25) is 5.91 Å². The molecule has 1 aromatic carbocycles. The van der Waals surface area contributed by atoms with Gasteiger partial charge in [-0.1, -0.05) is 30.3 Å². The van der Waals surface area contributed by atoms with Crippen molar-refractivity contribution in [1.82, 2.24) is 15.5 Å². The van der Waals surface area contributed by atoms with Crippen LogP contribution in [0.15, 0.2) is 30.3 Å². The molecule has 2 saturated heterocycles. The second kappa shape index (κ2) is 6.16. The average molecular weight is 287 g/mol. The highest BCUT2D eigenvalue weighted by atomic mass is 16.2. The van der Waals surface area contributed by atoms with E-state index < -0.39 is 0 Å². The molecule has 2 N–H and O–H groups in total. The van der Waals surface area contributed by atoms with Gasteiger partial charge in [0.05, 0.1) is 12.0 Å². The molecule has 2 bridgehead atoms. The first-order valence-electron chi connectivity index (χ1n) is 7.90. The van der Waals surface area contributed by atoms with Crippen LogP contribution in [0.25, 0.3) is 0 Å². The molecular weight excluding hydrogens is 262 g/mol. The van der Waals surface area contributed by atoms with Gasteiger partial charge in [0, 0.05) is 18.6 Å². The van der Waals surface area contributed by atoms with Crippen LogP contribution in [0, 0.1) is 5.92 Å². The van der Waals surface area contributed by atoms with Crippen LogP contribution in [0.4, 0.5) is 0 Å². The number of hydrogen-bond donors (Lipinski definition) is 2. The lowest BCUT2D eigenvalue weighted by atomic mass is 9.88. The molecule has 0 radical (unpaired) electrons.